The highest BCUT2D eigenvalue weighted by atomic mass is 16.6. The number of hydrogen-bond donors (Lipinski definition) is 0. The first-order valence-electron chi connectivity index (χ1n) is 34.3. The lowest BCUT2D eigenvalue weighted by Crippen LogP contribution is -2.30. The first-order chi connectivity index (χ1) is 38.5. The Balaban J connectivity index is 4.23. The van der Waals surface area contributed by atoms with Crippen LogP contribution in [0.25, 0.3) is 0 Å². The Bertz CT molecular complexity index is 1390. The average molecular weight is 1090 g/mol. The Morgan fingerprint density at radius 3 is 0.744 bits per heavy atom. The van der Waals surface area contributed by atoms with Gasteiger partial charge in [0, 0.05) is 19.3 Å². The molecule has 454 valence electrons. The molecule has 0 spiro atoms. The predicted molar refractivity (Wildman–Crippen MR) is 339 cm³/mol. The van der Waals surface area contributed by atoms with Gasteiger partial charge in [0.1, 0.15) is 13.2 Å². The topological polar surface area (TPSA) is 78.9 Å². The van der Waals surface area contributed by atoms with Crippen LogP contribution in [-0.2, 0) is 28.6 Å². The summed E-state index contributed by atoms with van der Waals surface area (Å²) in [5.74, 6) is -0.871. The van der Waals surface area contributed by atoms with E-state index in [1.807, 2.05) is 0 Å². The van der Waals surface area contributed by atoms with Crippen molar-refractivity contribution in [2.45, 2.75) is 367 Å². The lowest BCUT2D eigenvalue weighted by molar-refractivity contribution is -0.167. The molecule has 0 N–H and O–H groups in total. The normalized spacial score (nSPS) is 12.4. The third-order valence-corrected chi connectivity index (χ3v) is 15.2. The summed E-state index contributed by atoms with van der Waals surface area (Å²) < 4.78 is 16.9. The van der Waals surface area contributed by atoms with E-state index in [-0.39, 0.29) is 31.1 Å². The molecule has 6 heteroatoms. The molecule has 0 bridgehead atoms. The third kappa shape index (κ3) is 63.9. The molecule has 1 atom stereocenters. The Morgan fingerprint density at radius 2 is 0.462 bits per heavy atom. The number of allylic oxidation sites excluding steroid dienone is 10. The molecule has 0 aromatic heterocycles. The summed E-state index contributed by atoms with van der Waals surface area (Å²) >= 11 is 0. The molecule has 0 aromatic carbocycles. The maximum Gasteiger partial charge on any atom is 0.306 e. The number of unbranched alkanes of at least 4 members (excludes halogenated alkanes) is 42. The zero-order valence-corrected chi connectivity index (χ0v) is 52.2. The van der Waals surface area contributed by atoms with Crippen LogP contribution in [0.2, 0.25) is 0 Å². The standard InChI is InChI=1S/C72H130O6/c1-4-7-10-13-16-19-22-25-27-29-31-32-33-34-35-36-37-38-39-40-41-43-44-47-50-53-56-59-62-65-71(74)77-68-69(67-76-70(73)64-61-58-55-52-49-46-24-21-18-15-12-9-6-3)78-72(75)66-63-60-57-54-51-48-45-42-30-28-26-23-20-17-14-11-8-5-2/h21-22,24-25,28-31,33-34,69H,4-20,23,26-27,32,35-68H2,1-3H3/b24-21-,25-22-,30-28-,31-29-,34-33-. The van der Waals surface area contributed by atoms with Gasteiger partial charge in [-0.25, -0.2) is 0 Å². The van der Waals surface area contributed by atoms with Gasteiger partial charge < -0.3 is 14.2 Å². The molecule has 0 heterocycles. The van der Waals surface area contributed by atoms with Crippen molar-refractivity contribution in [1.82, 2.24) is 0 Å². The summed E-state index contributed by atoms with van der Waals surface area (Å²) in [5, 5.41) is 0. The molecule has 0 fully saturated rings. The van der Waals surface area contributed by atoms with Gasteiger partial charge in [-0.2, -0.15) is 0 Å². The molecule has 0 saturated heterocycles. The van der Waals surface area contributed by atoms with Crippen LogP contribution < -0.4 is 0 Å². The van der Waals surface area contributed by atoms with Crippen LogP contribution in [0.5, 0.6) is 0 Å². The van der Waals surface area contributed by atoms with E-state index in [0.29, 0.717) is 19.3 Å². The van der Waals surface area contributed by atoms with E-state index >= 15 is 0 Å². The fraction of sp³-hybridized carbons (Fsp3) is 0.819. The molecule has 78 heavy (non-hydrogen) atoms. The number of carbonyl (C=O) groups excluding carboxylic acids is 3. The number of ether oxygens (including phenoxy) is 3. The third-order valence-electron chi connectivity index (χ3n) is 15.2. The first kappa shape index (κ1) is 75.1. The second kappa shape index (κ2) is 66.6. The molecule has 6 nitrogen and oxygen atoms in total. The number of esters is 3. The van der Waals surface area contributed by atoms with E-state index in [1.54, 1.807) is 0 Å². The van der Waals surface area contributed by atoms with Gasteiger partial charge in [0.05, 0.1) is 0 Å². The van der Waals surface area contributed by atoms with Crippen LogP contribution >= 0.6 is 0 Å². The summed E-state index contributed by atoms with van der Waals surface area (Å²) in [6, 6.07) is 0. The first-order valence-corrected chi connectivity index (χ1v) is 34.3. The number of hydrogen-bond acceptors (Lipinski definition) is 6. The van der Waals surface area contributed by atoms with Crippen LogP contribution in [0.4, 0.5) is 0 Å². The minimum absolute atomic E-state index is 0.0761. The highest BCUT2D eigenvalue weighted by Gasteiger charge is 2.19. The van der Waals surface area contributed by atoms with Crippen molar-refractivity contribution in [2.24, 2.45) is 0 Å². The minimum atomic E-state index is -0.780. The monoisotopic (exact) mass is 1090 g/mol. The van der Waals surface area contributed by atoms with Crippen molar-refractivity contribution in [3.63, 3.8) is 0 Å². The summed E-state index contributed by atoms with van der Waals surface area (Å²) in [6.45, 7) is 6.65. The largest absolute Gasteiger partial charge is 0.462 e. The molecule has 0 aliphatic carbocycles. The second-order valence-electron chi connectivity index (χ2n) is 23.1. The molecule has 0 rings (SSSR count). The van der Waals surface area contributed by atoms with E-state index in [4.69, 9.17) is 14.2 Å². The summed E-state index contributed by atoms with van der Waals surface area (Å²) in [5.41, 5.74) is 0. The van der Waals surface area contributed by atoms with Gasteiger partial charge in [0.2, 0.25) is 0 Å². The molecule has 0 aliphatic rings. The summed E-state index contributed by atoms with van der Waals surface area (Å²) in [7, 11) is 0. The van der Waals surface area contributed by atoms with E-state index in [0.717, 1.165) is 77.0 Å². The molecule has 0 aromatic rings. The van der Waals surface area contributed by atoms with Crippen LogP contribution in [0.15, 0.2) is 60.8 Å². The van der Waals surface area contributed by atoms with Gasteiger partial charge >= 0.3 is 17.9 Å². The predicted octanol–water partition coefficient (Wildman–Crippen LogP) is 23.5. The van der Waals surface area contributed by atoms with Crippen LogP contribution in [-0.4, -0.2) is 37.2 Å². The fourth-order valence-electron chi connectivity index (χ4n) is 10.0. The van der Waals surface area contributed by atoms with Crippen LogP contribution in [0.3, 0.4) is 0 Å². The lowest BCUT2D eigenvalue weighted by Gasteiger charge is -2.18. The van der Waals surface area contributed by atoms with Gasteiger partial charge in [-0.1, -0.05) is 293 Å². The van der Waals surface area contributed by atoms with E-state index in [9.17, 15) is 14.4 Å². The van der Waals surface area contributed by atoms with Gasteiger partial charge in [0.25, 0.3) is 0 Å². The van der Waals surface area contributed by atoms with E-state index in [2.05, 4.69) is 81.5 Å². The fourth-order valence-corrected chi connectivity index (χ4v) is 10.0. The van der Waals surface area contributed by atoms with Gasteiger partial charge in [-0.15, -0.1) is 0 Å². The Kier molecular flexibility index (Phi) is 64.2. The summed E-state index contributed by atoms with van der Waals surface area (Å²) in [6.07, 6.45) is 85.3. The molecular formula is C72H130O6. The number of rotatable bonds is 63. The van der Waals surface area contributed by atoms with Crippen molar-refractivity contribution in [3.05, 3.63) is 60.8 Å². The van der Waals surface area contributed by atoms with E-state index in [1.165, 1.54) is 244 Å². The van der Waals surface area contributed by atoms with Crippen molar-refractivity contribution in [3.8, 4) is 0 Å². The molecular weight excluding hydrogens is 961 g/mol. The smallest absolute Gasteiger partial charge is 0.306 e. The van der Waals surface area contributed by atoms with Crippen molar-refractivity contribution < 1.29 is 28.6 Å². The van der Waals surface area contributed by atoms with Gasteiger partial charge in [0.15, 0.2) is 6.10 Å². The van der Waals surface area contributed by atoms with Crippen molar-refractivity contribution in [1.29, 1.82) is 0 Å². The zero-order chi connectivity index (χ0) is 56.4. The van der Waals surface area contributed by atoms with E-state index < -0.39 is 6.10 Å². The zero-order valence-electron chi connectivity index (χ0n) is 52.2. The molecule has 0 saturated carbocycles. The average Bonchev–Trinajstić information content (AvgIpc) is 3.44. The SMILES string of the molecule is CCCCCC/C=C\CCCCCCCC(=O)OCC(COC(=O)CCCCCCCCCCCCCCCC/C=C\C/C=C\C/C=C\CCCCCCC)OC(=O)CCCCCCCCC/C=C\CCCCCCCCC. The highest BCUT2D eigenvalue weighted by Crippen LogP contribution is 2.17. The second-order valence-corrected chi connectivity index (χ2v) is 23.1. The Labute approximate surface area is 485 Å². The van der Waals surface area contributed by atoms with Gasteiger partial charge in [-0.05, 0) is 109 Å². The maximum absolute atomic E-state index is 12.9. The quantitative estimate of drug-likeness (QED) is 0.0261. The molecule has 0 aliphatic heterocycles. The molecule has 0 radical (unpaired) electrons. The highest BCUT2D eigenvalue weighted by molar-refractivity contribution is 5.71. The molecule has 0 amide bonds. The lowest BCUT2D eigenvalue weighted by atomic mass is 10.0. The Morgan fingerprint density at radius 1 is 0.256 bits per heavy atom. The van der Waals surface area contributed by atoms with Crippen molar-refractivity contribution >= 4 is 17.9 Å². The maximum atomic E-state index is 12.9. The van der Waals surface area contributed by atoms with Crippen LogP contribution in [0, 0.1) is 0 Å². The Hall–Kier alpha value is -2.89. The summed E-state index contributed by atoms with van der Waals surface area (Å²) in [4.78, 5) is 38.3. The number of carbonyl (C=O) groups is 3. The van der Waals surface area contributed by atoms with Gasteiger partial charge in [-0.3, -0.25) is 14.4 Å². The van der Waals surface area contributed by atoms with Crippen molar-refractivity contribution in [2.75, 3.05) is 13.2 Å². The minimum Gasteiger partial charge on any atom is -0.462 e. The van der Waals surface area contributed by atoms with Crippen LogP contribution in [0.1, 0.15) is 361 Å². The molecule has 1 unspecified atom stereocenters.